The quantitative estimate of drug-likeness (QED) is 0.796. The van der Waals surface area contributed by atoms with Crippen LogP contribution in [0.5, 0.6) is 0 Å². The Hall–Kier alpha value is -2.46. The van der Waals surface area contributed by atoms with Crippen LogP contribution < -0.4 is 10.6 Å². The van der Waals surface area contributed by atoms with Gasteiger partial charge in [-0.3, -0.25) is 4.99 Å². The maximum absolute atomic E-state index is 6.18. The molecule has 0 saturated carbocycles. The number of thiol groups is 1. The average Bonchev–Trinajstić information content (AvgIpc) is 2.60. The van der Waals surface area contributed by atoms with Crippen molar-refractivity contribution >= 4 is 29.7 Å². The molecule has 0 amide bonds. The predicted octanol–water partition coefficient (Wildman–Crippen LogP) is 4.53. The Morgan fingerprint density at radius 2 is 1.88 bits per heavy atom. The first-order valence-corrected chi connectivity index (χ1v) is 8.76. The highest BCUT2D eigenvalue weighted by molar-refractivity contribution is 7.80. The van der Waals surface area contributed by atoms with Gasteiger partial charge >= 0.3 is 0 Å². The molecule has 0 atom stereocenters. The molecule has 1 aliphatic rings. The molecule has 2 N–H and O–H groups in total. The van der Waals surface area contributed by atoms with Crippen molar-refractivity contribution < 1.29 is 0 Å². The molecule has 3 nitrogen and oxygen atoms in total. The van der Waals surface area contributed by atoms with Crippen molar-refractivity contribution in [2.75, 3.05) is 19.0 Å². The topological polar surface area (TPSA) is 41.6 Å². The molecule has 0 radical (unpaired) electrons. The maximum Gasteiger partial charge on any atom is 0.0767 e. The average molecular weight is 350 g/mol. The van der Waals surface area contributed by atoms with Crippen LogP contribution in [-0.2, 0) is 6.42 Å². The third-order valence-electron chi connectivity index (χ3n) is 4.22. The molecule has 25 heavy (non-hydrogen) atoms. The number of nitrogens with zero attached hydrogens (tertiary/aromatic N) is 2. The van der Waals surface area contributed by atoms with Crippen LogP contribution in [0.25, 0.3) is 0 Å². The van der Waals surface area contributed by atoms with Gasteiger partial charge in [0.25, 0.3) is 0 Å². The van der Waals surface area contributed by atoms with Gasteiger partial charge in [0, 0.05) is 42.5 Å². The summed E-state index contributed by atoms with van der Waals surface area (Å²) in [7, 11) is 4.03. The SMILES string of the molecule is CN(C)c1ccc(N=C2C=C(Cc3ccccc3)C(N)=CC2)c(S)c1. The third-order valence-corrected chi connectivity index (χ3v) is 4.58. The first kappa shape index (κ1) is 17.4. The largest absolute Gasteiger partial charge is 0.399 e. The van der Waals surface area contributed by atoms with Gasteiger partial charge in [0.2, 0.25) is 0 Å². The molecule has 128 valence electrons. The Kier molecular flexibility index (Phi) is 5.29. The van der Waals surface area contributed by atoms with E-state index in [-0.39, 0.29) is 0 Å². The zero-order chi connectivity index (χ0) is 17.8. The van der Waals surface area contributed by atoms with Crippen molar-refractivity contribution in [3.8, 4) is 0 Å². The van der Waals surface area contributed by atoms with E-state index in [0.717, 1.165) is 46.1 Å². The lowest BCUT2D eigenvalue weighted by Crippen LogP contribution is -2.11. The Morgan fingerprint density at radius 1 is 1.12 bits per heavy atom. The van der Waals surface area contributed by atoms with E-state index in [0.29, 0.717) is 0 Å². The van der Waals surface area contributed by atoms with Crippen molar-refractivity contribution in [2.45, 2.75) is 17.7 Å². The molecule has 0 aliphatic heterocycles. The zero-order valence-corrected chi connectivity index (χ0v) is 15.5. The summed E-state index contributed by atoms with van der Waals surface area (Å²) in [6.07, 6.45) is 5.71. The molecule has 2 aromatic carbocycles. The summed E-state index contributed by atoms with van der Waals surface area (Å²) >= 11 is 4.59. The van der Waals surface area contributed by atoms with Crippen LogP contribution in [0, 0.1) is 0 Å². The molecule has 3 rings (SSSR count). The Morgan fingerprint density at radius 3 is 2.56 bits per heavy atom. The van der Waals surface area contributed by atoms with Crippen molar-refractivity contribution in [2.24, 2.45) is 10.7 Å². The number of hydrogen-bond acceptors (Lipinski definition) is 4. The van der Waals surface area contributed by atoms with E-state index in [1.165, 1.54) is 5.56 Å². The van der Waals surface area contributed by atoms with Crippen LogP contribution in [0.3, 0.4) is 0 Å². The zero-order valence-electron chi connectivity index (χ0n) is 14.6. The molecule has 0 saturated heterocycles. The number of rotatable bonds is 4. The minimum atomic E-state index is 0.743. The summed E-state index contributed by atoms with van der Waals surface area (Å²) in [4.78, 5) is 7.72. The minimum Gasteiger partial charge on any atom is -0.399 e. The van der Waals surface area contributed by atoms with Crippen molar-refractivity contribution in [1.82, 2.24) is 0 Å². The van der Waals surface area contributed by atoms with E-state index in [2.05, 4.69) is 41.8 Å². The number of hydrogen-bond donors (Lipinski definition) is 2. The van der Waals surface area contributed by atoms with E-state index >= 15 is 0 Å². The van der Waals surface area contributed by atoms with Gasteiger partial charge in [0.05, 0.1) is 5.69 Å². The molecule has 0 bridgehead atoms. The lowest BCUT2D eigenvalue weighted by Gasteiger charge is -2.16. The minimum absolute atomic E-state index is 0.743. The number of nitrogens with two attached hydrogens (primary N) is 1. The van der Waals surface area contributed by atoms with E-state index in [9.17, 15) is 0 Å². The van der Waals surface area contributed by atoms with Crippen molar-refractivity contribution in [1.29, 1.82) is 0 Å². The standard InChI is InChI=1S/C21H23N3S/c1-24(2)18-9-11-20(21(25)14-18)23-17-8-10-19(22)16(13-17)12-15-6-4-3-5-7-15/h3-7,9-11,13-14,25H,8,12,22H2,1-2H3. The second-order valence-corrected chi connectivity index (χ2v) is 6.85. The molecule has 4 heteroatoms. The Balaban J connectivity index is 1.86. The van der Waals surface area contributed by atoms with Gasteiger partial charge in [-0.1, -0.05) is 36.4 Å². The molecule has 0 heterocycles. The van der Waals surface area contributed by atoms with Crippen LogP contribution in [0.2, 0.25) is 0 Å². The van der Waals surface area contributed by atoms with Gasteiger partial charge in [-0.15, -0.1) is 12.6 Å². The van der Waals surface area contributed by atoms with Crippen LogP contribution >= 0.6 is 12.6 Å². The highest BCUT2D eigenvalue weighted by Gasteiger charge is 2.11. The number of benzene rings is 2. The van der Waals surface area contributed by atoms with Gasteiger partial charge < -0.3 is 10.6 Å². The fraction of sp³-hybridized carbons (Fsp3) is 0.190. The lowest BCUT2D eigenvalue weighted by molar-refractivity contribution is 1.10. The van der Waals surface area contributed by atoms with E-state index in [1.54, 1.807) is 0 Å². The van der Waals surface area contributed by atoms with Crippen LogP contribution in [0.4, 0.5) is 11.4 Å². The first-order valence-electron chi connectivity index (χ1n) is 8.31. The molecule has 0 aromatic heterocycles. The molecular formula is C21H23N3S. The Labute approximate surface area is 155 Å². The highest BCUT2D eigenvalue weighted by Crippen LogP contribution is 2.29. The predicted molar refractivity (Wildman–Crippen MR) is 110 cm³/mol. The normalized spacial score (nSPS) is 15.7. The summed E-state index contributed by atoms with van der Waals surface area (Å²) in [5.74, 6) is 0. The second kappa shape index (κ2) is 7.62. The van der Waals surface area contributed by atoms with Gasteiger partial charge in [0.1, 0.15) is 0 Å². The molecule has 1 aliphatic carbocycles. The fourth-order valence-corrected chi connectivity index (χ4v) is 3.03. The number of allylic oxidation sites excluding steroid dienone is 3. The molecule has 0 unspecified atom stereocenters. The molecule has 0 fully saturated rings. The molecule has 0 spiro atoms. The maximum atomic E-state index is 6.18. The fourth-order valence-electron chi connectivity index (χ4n) is 2.78. The van der Waals surface area contributed by atoms with Gasteiger partial charge in [0.15, 0.2) is 0 Å². The van der Waals surface area contributed by atoms with Gasteiger partial charge in [-0.25, -0.2) is 0 Å². The van der Waals surface area contributed by atoms with E-state index in [1.807, 2.05) is 50.5 Å². The lowest BCUT2D eigenvalue weighted by atomic mass is 9.96. The van der Waals surface area contributed by atoms with Crippen molar-refractivity contribution in [3.63, 3.8) is 0 Å². The van der Waals surface area contributed by atoms with Gasteiger partial charge in [-0.05, 0) is 41.8 Å². The van der Waals surface area contributed by atoms with Gasteiger partial charge in [-0.2, -0.15) is 0 Å². The van der Waals surface area contributed by atoms with Crippen LogP contribution in [-0.4, -0.2) is 19.8 Å². The number of anilines is 1. The molecule has 2 aromatic rings. The second-order valence-electron chi connectivity index (χ2n) is 6.37. The smallest absolute Gasteiger partial charge is 0.0767 e. The summed E-state index contributed by atoms with van der Waals surface area (Å²) in [6.45, 7) is 0. The summed E-state index contributed by atoms with van der Waals surface area (Å²) < 4.78 is 0. The van der Waals surface area contributed by atoms with Crippen LogP contribution in [0.1, 0.15) is 12.0 Å². The van der Waals surface area contributed by atoms with Crippen LogP contribution in [0.15, 0.2) is 81.8 Å². The Bertz CT molecular complexity index is 849. The van der Waals surface area contributed by atoms with E-state index in [4.69, 9.17) is 10.7 Å². The molecular weight excluding hydrogens is 326 g/mol. The number of aliphatic imine (C=N–C) groups is 1. The first-order chi connectivity index (χ1) is 12.0. The monoisotopic (exact) mass is 349 g/mol. The summed E-state index contributed by atoms with van der Waals surface area (Å²) in [6, 6.07) is 16.5. The third kappa shape index (κ3) is 4.34. The summed E-state index contributed by atoms with van der Waals surface area (Å²) in [5.41, 5.74) is 12.4. The summed E-state index contributed by atoms with van der Waals surface area (Å²) in [5, 5.41) is 0. The highest BCUT2D eigenvalue weighted by atomic mass is 32.1. The van der Waals surface area contributed by atoms with E-state index < -0.39 is 0 Å². The van der Waals surface area contributed by atoms with Crippen molar-refractivity contribution in [3.05, 3.63) is 77.5 Å².